The van der Waals surface area contributed by atoms with Crippen molar-refractivity contribution in [3.8, 4) is 0 Å². The number of aryl methyl sites for hydroxylation is 2. The van der Waals surface area contributed by atoms with Crippen LogP contribution in [0.1, 0.15) is 28.5 Å². The number of aromatic nitrogens is 1. The number of likely N-dealkylation sites (N-methyl/N-ethyl adjacent to an activating group) is 1. The maximum atomic E-state index is 12.7. The summed E-state index contributed by atoms with van der Waals surface area (Å²) >= 11 is 0. The van der Waals surface area contributed by atoms with Crippen molar-refractivity contribution in [2.24, 2.45) is 0 Å². The van der Waals surface area contributed by atoms with Gasteiger partial charge in [-0.15, -0.1) is 0 Å². The minimum atomic E-state index is -1.04. The van der Waals surface area contributed by atoms with Crippen molar-refractivity contribution in [2.45, 2.75) is 26.9 Å². The molecule has 0 aliphatic rings. The van der Waals surface area contributed by atoms with Gasteiger partial charge in [0.1, 0.15) is 0 Å². The first-order chi connectivity index (χ1) is 14.7. The number of nitrogens with one attached hydrogen (secondary N) is 1. The molecule has 7 heteroatoms. The molecule has 31 heavy (non-hydrogen) atoms. The highest BCUT2D eigenvalue weighted by molar-refractivity contribution is 6.04. The molecule has 0 saturated heterocycles. The molecule has 2 amide bonds. The fourth-order valence-electron chi connectivity index (χ4n) is 3.19. The van der Waals surface area contributed by atoms with E-state index in [1.807, 2.05) is 37.3 Å². The van der Waals surface area contributed by atoms with Crippen molar-refractivity contribution in [1.82, 2.24) is 9.88 Å². The van der Waals surface area contributed by atoms with Gasteiger partial charge >= 0.3 is 5.97 Å². The predicted octanol–water partition coefficient (Wildman–Crippen LogP) is 3.49. The van der Waals surface area contributed by atoms with Gasteiger partial charge in [0.15, 0.2) is 6.10 Å². The number of benzene rings is 2. The molecular weight excluding hydrogens is 394 g/mol. The van der Waals surface area contributed by atoms with Gasteiger partial charge in [0.2, 0.25) is 5.91 Å². The molecule has 0 aliphatic heterocycles. The second-order valence-corrected chi connectivity index (χ2v) is 7.48. The van der Waals surface area contributed by atoms with E-state index in [1.165, 1.54) is 18.9 Å². The van der Waals surface area contributed by atoms with Crippen LogP contribution in [0.25, 0.3) is 10.9 Å². The van der Waals surface area contributed by atoms with E-state index in [-0.39, 0.29) is 12.5 Å². The maximum Gasteiger partial charge on any atom is 0.339 e. The summed E-state index contributed by atoms with van der Waals surface area (Å²) in [5, 5.41) is 3.40. The van der Waals surface area contributed by atoms with Crippen LogP contribution in [0.5, 0.6) is 0 Å². The SMILES string of the molecule is Cc1ccc(NC(=O)CN(C)C(=O)[C@H](C)OC(=O)c2cc(C)nc3ccccc23)cc1. The number of nitrogens with zero attached hydrogens (tertiary/aromatic N) is 2. The Hall–Kier alpha value is -3.74. The van der Waals surface area contributed by atoms with Gasteiger partial charge in [-0.1, -0.05) is 35.9 Å². The number of anilines is 1. The van der Waals surface area contributed by atoms with E-state index >= 15 is 0 Å². The number of carbonyl (C=O) groups is 3. The maximum absolute atomic E-state index is 12.7. The quantitative estimate of drug-likeness (QED) is 0.618. The molecule has 1 aromatic heterocycles. The van der Waals surface area contributed by atoms with Gasteiger partial charge in [-0.3, -0.25) is 14.6 Å². The highest BCUT2D eigenvalue weighted by Gasteiger charge is 2.24. The third kappa shape index (κ3) is 5.45. The number of amides is 2. The molecule has 0 spiro atoms. The van der Waals surface area contributed by atoms with Crippen LogP contribution in [-0.2, 0) is 14.3 Å². The van der Waals surface area contributed by atoms with Gasteiger partial charge in [-0.05, 0) is 45.0 Å². The van der Waals surface area contributed by atoms with Crippen LogP contribution in [0.4, 0.5) is 5.69 Å². The average molecular weight is 419 g/mol. The lowest BCUT2D eigenvalue weighted by atomic mass is 10.1. The van der Waals surface area contributed by atoms with Crippen LogP contribution < -0.4 is 5.32 Å². The van der Waals surface area contributed by atoms with E-state index in [9.17, 15) is 14.4 Å². The van der Waals surface area contributed by atoms with E-state index in [1.54, 1.807) is 31.2 Å². The molecule has 3 rings (SSSR count). The molecule has 3 aromatic rings. The Balaban J connectivity index is 1.62. The summed E-state index contributed by atoms with van der Waals surface area (Å²) in [6.45, 7) is 5.08. The molecule has 1 atom stereocenters. The summed E-state index contributed by atoms with van der Waals surface area (Å²) in [6, 6.07) is 16.2. The molecule has 0 saturated carbocycles. The van der Waals surface area contributed by atoms with Crippen molar-refractivity contribution < 1.29 is 19.1 Å². The second kappa shape index (κ2) is 9.38. The Bertz CT molecular complexity index is 1130. The standard InChI is InChI=1S/C24H25N3O4/c1-15-9-11-18(12-10-15)26-22(28)14-27(4)23(29)17(3)31-24(30)20-13-16(2)25-21-8-6-5-7-19(20)21/h5-13,17H,14H2,1-4H3,(H,26,28)/t17-/m0/s1. The van der Waals surface area contributed by atoms with E-state index in [2.05, 4.69) is 10.3 Å². The van der Waals surface area contributed by atoms with E-state index < -0.39 is 18.0 Å². The monoisotopic (exact) mass is 419 g/mol. The molecule has 160 valence electrons. The van der Waals surface area contributed by atoms with Gasteiger partial charge in [0.25, 0.3) is 5.91 Å². The minimum Gasteiger partial charge on any atom is -0.449 e. The average Bonchev–Trinajstić information content (AvgIpc) is 2.73. The predicted molar refractivity (Wildman–Crippen MR) is 119 cm³/mol. The van der Waals surface area contributed by atoms with Crippen LogP contribution in [0.2, 0.25) is 0 Å². The molecule has 0 radical (unpaired) electrons. The van der Waals surface area contributed by atoms with Crippen molar-refractivity contribution in [2.75, 3.05) is 18.9 Å². The number of para-hydroxylation sites is 1. The number of hydrogen-bond donors (Lipinski definition) is 1. The van der Waals surface area contributed by atoms with Crippen LogP contribution in [-0.4, -0.2) is 47.4 Å². The van der Waals surface area contributed by atoms with E-state index in [0.29, 0.717) is 27.8 Å². The van der Waals surface area contributed by atoms with Crippen molar-refractivity contribution in [3.05, 3.63) is 71.4 Å². The Morgan fingerprint density at radius 1 is 1.06 bits per heavy atom. The van der Waals surface area contributed by atoms with Crippen molar-refractivity contribution in [1.29, 1.82) is 0 Å². The zero-order chi connectivity index (χ0) is 22.5. The molecule has 0 bridgehead atoms. The second-order valence-electron chi connectivity index (χ2n) is 7.48. The molecular formula is C24H25N3O4. The van der Waals surface area contributed by atoms with Crippen molar-refractivity contribution in [3.63, 3.8) is 0 Å². The summed E-state index contributed by atoms with van der Waals surface area (Å²) in [5.41, 5.74) is 3.43. The Morgan fingerprint density at radius 2 is 1.74 bits per heavy atom. The number of esters is 1. The number of carbonyl (C=O) groups excluding carboxylic acids is 3. The summed E-state index contributed by atoms with van der Waals surface area (Å²) < 4.78 is 5.41. The molecule has 1 N–H and O–H groups in total. The Morgan fingerprint density at radius 3 is 2.45 bits per heavy atom. The van der Waals surface area contributed by atoms with Crippen LogP contribution in [0.15, 0.2) is 54.6 Å². The Labute approximate surface area is 181 Å². The highest BCUT2D eigenvalue weighted by atomic mass is 16.5. The molecule has 0 aliphatic carbocycles. The topological polar surface area (TPSA) is 88.6 Å². The molecule has 1 heterocycles. The smallest absolute Gasteiger partial charge is 0.339 e. The molecule has 0 fully saturated rings. The molecule has 0 unspecified atom stereocenters. The fourth-order valence-corrected chi connectivity index (χ4v) is 3.19. The first-order valence-electron chi connectivity index (χ1n) is 9.93. The summed E-state index contributed by atoms with van der Waals surface area (Å²) in [6.07, 6.45) is -1.04. The zero-order valence-corrected chi connectivity index (χ0v) is 18.0. The number of ether oxygens (including phenoxy) is 1. The number of pyridine rings is 1. The van der Waals surface area contributed by atoms with Gasteiger partial charge in [0.05, 0.1) is 17.6 Å². The lowest BCUT2D eigenvalue weighted by Gasteiger charge is -2.21. The van der Waals surface area contributed by atoms with Crippen molar-refractivity contribution >= 4 is 34.4 Å². The Kier molecular flexibility index (Phi) is 6.65. The zero-order valence-electron chi connectivity index (χ0n) is 18.0. The van der Waals surface area contributed by atoms with Crippen LogP contribution >= 0.6 is 0 Å². The minimum absolute atomic E-state index is 0.161. The summed E-state index contributed by atoms with van der Waals surface area (Å²) in [4.78, 5) is 43.3. The summed E-state index contributed by atoms with van der Waals surface area (Å²) in [7, 11) is 1.49. The molecule has 7 nitrogen and oxygen atoms in total. The first-order valence-corrected chi connectivity index (χ1v) is 9.93. The van der Waals surface area contributed by atoms with Gasteiger partial charge < -0.3 is 15.0 Å². The van der Waals surface area contributed by atoms with Gasteiger partial charge in [0, 0.05) is 23.8 Å². The van der Waals surface area contributed by atoms with E-state index in [4.69, 9.17) is 4.74 Å². The lowest BCUT2D eigenvalue weighted by Crippen LogP contribution is -2.41. The van der Waals surface area contributed by atoms with Crippen LogP contribution in [0, 0.1) is 13.8 Å². The summed E-state index contributed by atoms with van der Waals surface area (Å²) in [5.74, 6) is -1.42. The molecule has 2 aromatic carbocycles. The highest BCUT2D eigenvalue weighted by Crippen LogP contribution is 2.20. The van der Waals surface area contributed by atoms with Gasteiger partial charge in [-0.25, -0.2) is 4.79 Å². The largest absolute Gasteiger partial charge is 0.449 e. The van der Waals surface area contributed by atoms with Gasteiger partial charge in [-0.2, -0.15) is 0 Å². The van der Waals surface area contributed by atoms with E-state index in [0.717, 1.165) is 5.56 Å². The third-order valence-corrected chi connectivity index (χ3v) is 4.79. The fraction of sp³-hybridized carbons (Fsp3) is 0.250. The number of rotatable bonds is 6. The third-order valence-electron chi connectivity index (χ3n) is 4.79. The normalized spacial score (nSPS) is 11.6. The number of hydrogen-bond acceptors (Lipinski definition) is 5. The van der Waals surface area contributed by atoms with Crippen LogP contribution in [0.3, 0.4) is 0 Å². The first kappa shape index (κ1) is 22.0. The number of fused-ring (bicyclic) bond motifs is 1. The lowest BCUT2D eigenvalue weighted by molar-refractivity contribution is -0.140.